The van der Waals surface area contributed by atoms with E-state index < -0.39 is 0 Å². The standard InChI is InChI=1S/C24H27N3O/c1-19-23(12-14-26(19)18-21-10-6-3-7-11-21)24(28)27-15-13-25-17-22(27)16-20-8-4-2-5-9-20/h2-12,14,22,25H,13,15-18H2,1H3. The lowest BCUT2D eigenvalue weighted by Gasteiger charge is -2.36. The Balaban J connectivity index is 1.52. The molecule has 1 atom stereocenters. The molecular weight excluding hydrogens is 346 g/mol. The van der Waals surface area contributed by atoms with E-state index in [1.54, 1.807) is 0 Å². The molecule has 2 aromatic carbocycles. The van der Waals surface area contributed by atoms with E-state index in [1.165, 1.54) is 11.1 Å². The minimum Gasteiger partial charge on any atom is -0.347 e. The Labute approximate surface area is 166 Å². The summed E-state index contributed by atoms with van der Waals surface area (Å²) >= 11 is 0. The van der Waals surface area contributed by atoms with Crippen molar-refractivity contribution in [1.82, 2.24) is 14.8 Å². The Morgan fingerprint density at radius 2 is 1.68 bits per heavy atom. The highest BCUT2D eigenvalue weighted by Crippen LogP contribution is 2.19. The Hall–Kier alpha value is -2.85. The molecule has 144 valence electrons. The van der Waals surface area contributed by atoms with Gasteiger partial charge in [0.25, 0.3) is 5.91 Å². The molecular formula is C24H27N3O. The average molecular weight is 374 g/mol. The molecule has 1 amide bonds. The number of benzene rings is 2. The van der Waals surface area contributed by atoms with Gasteiger partial charge in [-0.25, -0.2) is 0 Å². The van der Waals surface area contributed by atoms with Gasteiger partial charge in [0.2, 0.25) is 0 Å². The van der Waals surface area contributed by atoms with Crippen LogP contribution in [0.4, 0.5) is 0 Å². The maximum atomic E-state index is 13.4. The van der Waals surface area contributed by atoms with Crippen molar-refractivity contribution in [2.45, 2.75) is 25.9 Å². The lowest BCUT2D eigenvalue weighted by atomic mass is 10.0. The van der Waals surface area contributed by atoms with Gasteiger partial charge in [-0.3, -0.25) is 4.79 Å². The summed E-state index contributed by atoms with van der Waals surface area (Å²) in [6.45, 7) is 5.27. The fourth-order valence-electron chi connectivity index (χ4n) is 3.98. The molecule has 4 nitrogen and oxygen atoms in total. The van der Waals surface area contributed by atoms with Gasteiger partial charge in [-0.05, 0) is 30.5 Å². The number of aromatic nitrogens is 1. The fourth-order valence-corrected chi connectivity index (χ4v) is 3.98. The quantitative estimate of drug-likeness (QED) is 0.743. The Morgan fingerprint density at radius 1 is 1.00 bits per heavy atom. The molecule has 0 radical (unpaired) electrons. The summed E-state index contributed by atoms with van der Waals surface area (Å²) in [7, 11) is 0. The average Bonchev–Trinajstić information content (AvgIpc) is 3.10. The van der Waals surface area contributed by atoms with Gasteiger partial charge in [0.1, 0.15) is 0 Å². The first-order valence-corrected chi connectivity index (χ1v) is 9.97. The third-order valence-electron chi connectivity index (χ3n) is 5.59. The molecule has 1 aromatic heterocycles. The molecule has 0 saturated carbocycles. The van der Waals surface area contributed by atoms with E-state index in [0.29, 0.717) is 0 Å². The molecule has 1 saturated heterocycles. The first-order valence-electron chi connectivity index (χ1n) is 9.97. The zero-order valence-electron chi connectivity index (χ0n) is 16.3. The van der Waals surface area contributed by atoms with Gasteiger partial charge < -0.3 is 14.8 Å². The predicted molar refractivity (Wildman–Crippen MR) is 113 cm³/mol. The molecule has 2 heterocycles. The van der Waals surface area contributed by atoms with Crippen LogP contribution in [0, 0.1) is 6.92 Å². The zero-order chi connectivity index (χ0) is 19.3. The van der Waals surface area contributed by atoms with E-state index in [-0.39, 0.29) is 11.9 Å². The molecule has 0 spiro atoms. The van der Waals surface area contributed by atoms with Crippen molar-refractivity contribution >= 4 is 5.91 Å². The minimum absolute atomic E-state index is 0.145. The number of carbonyl (C=O) groups is 1. The van der Waals surface area contributed by atoms with E-state index in [2.05, 4.69) is 63.3 Å². The van der Waals surface area contributed by atoms with Crippen LogP contribution in [-0.4, -0.2) is 41.1 Å². The van der Waals surface area contributed by atoms with Crippen LogP contribution in [0.5, 0.6) is 0 Å². The van der Waals surface area contributed by atoms with Gasteiger partial charge in [0.15, 0.2) is 0 Å². The fraction of sp³-hybridized carbons (Fsp3) is 0.292. The first kappa shape index (κ1) is 18.5. The van der Waals surface area contributed by atoms with Crippen molar-refractivity contribution in [2.75, 3.05) is 19.6 Å². The number of nitrogens with zero attached hydrogens (tertiary/aromatic N) is 2. The summed E-state index contributed by atoms with van der Waals surface area (Å²) in [5.74, 6) is 0.145. The smallest absolute Gasteiger partial charge is 0.256 e. The number of hydrogen-bond acceptors (Lipinski definition) is 2. The largest absolute Gasteiger partial charge is 0.347 e. The maximum absolute atomic E-state index is 13.4. The summed E-state index contributed by atoms with van der Waals surface area (Å²) < 4.78 is 2.16. The first-order chi connectivity index (χ1) is 13.7. The number of hydrogen-bond donors (Lipinski definition) is 1. The van der Waals surface area contributed by atoms with Crippen LogP contribution in [0.15, 0.2) is 72.9 Å². The van der Waals surface area contributed by atoms with Crippen LogP contribution in [0.1, 0.15) is 27.2 Å². The second kappa shape index (κ2) is 8.44. The SMILES string of the molecule is Cc1c(C(=O)N2CCNCC2Cc2ccccc2)ccn1Cc1ccccc1. The zero-order valence-corrected chi connectivity index (χ0v) is 16.3. The topological polar surface area (TPSA) is 37.3 Å². The van der Waals surface area contributed by atoms with Crippen LogP contribution in [0.25, 0.3) is 0 Å². The van der Waals surface area contributed by atoms with Crippen LogP contribution in [0.3, 0.4) is 0 Å². The van der Waals surface area contributed by atoms with Crippen LogP contribution in [-0.2, 0) is 13.0 Å². The van der Waals surface area contributed by atoms with Gasteiger partial charge >= 0.3 is 0 Å². The third kappa shape index (κ3) is 4.02. The van der Waals surface area contributed by atoms with Gasteiger partial charge in [-0.2, -0.15) is 0 Å². The van der Waals surface area contributed by atoms with Crippen molar-refractivity contribution < 1.29 is 4.79 Å². The van der Waals surface area contributed by atoms with Crippen LogP contribution in [0.2, 0.25) is 0 Å². The Kier molecular flexibility index (Phi) is 5.58. The molecule has 1 fully saturated rings. The molecule has 1 aliphatic heterocycles. The molecule has 3 aromatic rings. The number of amides is 1. The van der Waals surface area contributed by atoms with Crippen LogP contribution >= 0.6 is 0 Å². The second-order valence-electron chi connectivity index (χ2n) is 7.47. The highest BCUT2D eigenvalue weighted by atomic mass is 16.2. The van der Waals surface area contributed by atoms with E-state index in [0.717, 1.165) is 43.9 Å². The number of rotatable bonds is 5. The lowest BCUT2D eigenvalue weighted by Crippen LogP contribution is -2.54. The third-order valence-corrected chi connectivity index (χ3v) is 5.59. The molecule has 0 bridgehead atoms. The highest BCUT2D eigenvalue weighted by Gasteiger charge is 2.29. The van der Waals surface area contributed by atoms with E-state index in [1.807, 2.05) is 31.3 Å². The molecule has 0 aliphatic carbocycles. The monoisotopic (exact) mass is 373 g/mol. The molecule has 4 heteroatoms. The van der Waals surface area contributed by atoms with Crippen molar-refractivity contribution in [2.24, 2.45) is 0 Å². The summed E-state index contributed by atoms with van der Waals surface area (Å²) in [5, 5.41) is 3.44. The van der Waals surface area contributed by atoms with Crippen molar-refractivity contribution in [3.8, 4) is 0 Å². The van der Waals surface area contributed by atoms with Crippen molar-refractivity contribution in [3.05, 3.63) is 95.3 Å². The Bertz CT molecular complexity index is 918. The summed E-state index contributed by atoms with van der Waals surface area (Å²) in [6, 6.07) is 22.9. The van der Waals surface area contributed by atoms with Gasteiger partial charge in [0.05, 0.1) is 5.56 Å². The number of nitrogens with one attached hydrogen (secondary N) is 1. The second-order valence-corrected chi connectivity index (χ2v) is 7.47. The lowest BCUT2D eigenvalue weighted by molar-refractivity contribution is 0.0635. The molecule has 1 N–H and O–H groups in total. The Morgan fingerprint density at radius 3 is 2.39 bits per heavy atom. The minimum atomic E-state index is 0.145. The molecule has 1 aliphatic rings. The predicted octanol–water partition coefficient (Wildman–Crippen LogP) is 3.50. The number of carbonyl (C=O) groups excluding carboxylic acids is 1. The van der Waals surface area contributed by atoms with Gasteiger partial charge in [0, 0.05) is 44.1 Å². The summed E-state index contributed by atoms with van der Waals surface area (Å²) in [5.41, 5.74) is 4.36. The van der Waals surface area contributed by atoms with Crippen molar-refractivity contribution in [3.63, 3.8) is 0 Å². The normalized spacial score (nSPS) is 16.9. The maximum Gasteiger partial charge on any atom is 0.256 e. The number of piperazine rings is 1. The highest BCUT2D eigenvalue weighted by molar-refractivity contribution is 5.95. The molecule has 4 rings (SSSR count). The molecule has 28 heavy (non-hydrogen) atoms. The van der Waals surface area contributed by atoms with E-state index in [4.69, 9.17) is 0 Å². The van der Waals surface area contributed by atoms with Gasteiger partial charge in [-0.15, -0.1) is 0 Å². The van der Waals surface area contributed by atoms with E-state index >= 15 is 0 Å². The van der Waals surface area contributed by atoms with E-state index in [9.17, 15) is 4.79 Å². The summed E-state index contributed by atoms with van der Waals surface area (Å²) in [4.78, 5) is 15.4. The van der Waals surface area contributed by atoms with Gasteiger partial charge in [-0.1, -0.05) is 60.7 Å². The summed E-state index contributed by atoms with van der Waals surface area (Å²) in [6.07, 6.45) is 2.91. The van der Waals surface area contributed by atoms with Crippen molar-refractivity contribution in [1.29, 1.82) is 0 Å². The molecule has 1 unspecified atom stereocenters. The van der Waals surface area contributed by atoms with Crippen LogP contribution < -0.4 is 5.32 Å².